The van der Waals surface area contributed by atoms with Crippen molar-refractivity contribution < 1.29 is 5.11 Å². The van der Waals surface area contributed by atoms with Gasteiger partial charge in [-0.2, -0.15) is 0 Å². The summed E-state index contributed by atoms with van der Waals surface area (Å²) in [4.78, 5) is 0. The zero-order valence-electron chi connectivity index (χ0n) is 10.7. The van der Waals surface area contributed by atoms with Crippen molar-refractivity contribution in [3.8, 4) is 0 Å². The molecule has 2 unspecified atom stereocenters. The highest BCUT2D eigenvalue weighted by molar-refractivity contribution is 5.23. The van der Waals surface area contributed by atoms with Crippen molar-refractivity contribution in [2.24, 2.45) is 11.7 Å². The molecule has 5 heteroatoms. The lowest BCUT2D eigenvalue weighted by Gasteiger charge is -2.23. The molecule has 3 rings (SSSR count). The normalized spacial score (nSPS) is 20.0. The molecule has 1 aromatic carbocycles. The minimum atomic E-state index is -0.711. The Hall–Kier alpha value is -1.72. The van der Waals surface area contributed by atoms with E-state index in [2.05, 4.69) is 10.2 Å². The van der Waals surface area contributed by atoms with Gasteiger partial charge in [0.05, 0.1) is 0 Å². The molecule has 2 atom stereocenters. The molecule has 0 aliphatic carbocycles. The van der Waals surface area contributed by atoms with Crippen LogP contribution in [-0.4, -0.2) is 26.4 Å². The summed E-state index contributed by atoms with van der Waals surface area (Å²) >= 11 is 0. The summed E-state index contributed by atoms with van der Waals surface area (Å²) in [6.45, 7) is 1.52. The Balaban J connectivity index is 1.89. The fraction of sp³-hybridized carbons (Fsp3) is 0.429. The molecule has 0 amide bonds. The first-order valence-electron chi connectivity index (χ1n) is 6.64. The van der Waals surface area contributed by atoms with Crippen molar-refractivity contribution in [3.63, 3.8) is 0 Å². The van der Waals surface area contributed by atoms with Crippen molar-refractivity contribution in [3.05, 3.63) is 47.5 Å². The van der Waals surface area contributed by atoms with Gasteiger partial charge in [-0.05, 0) is 24.4 Å². The SMILES string of the molecule is NCC1CCn2c(nnc2C(O)c2ccccc2)C1. The van der Waals surface area contributed by atoms with Crippen LogP contribution in [0, 0.1) is 5.92 Å². The minimum Gasteiger partial charge on any atom is -0.380 e. The van der Waals surface area contributed by atoms with Gasteiger partial charge in [0, 0.05) is 13.0 Å². The minimum absolute atomic E-state index is 0.485. The van der Waals surface area contributed by atoms with Gasteiger partial charge in [-0.3, -0.25) is 0 Å². The lowest BCUT2D eigenvalue weighted by molar-refractivity contribution is 0.200. The van der Waals surface area contributed by atoms with Gasteiger partial charge in [0.2, 0.25) is 0 Å². The monoisotopic (exact) mass is 258 g/mol. The van der Waals surface area contributed by atoms with Gasteiger partial charge < -0.3 is 15.4 Å². The third-order valence-electron chi connectivity index (χ3n) is 3.78. The molecule has 1 aromatic heterocycles. The van der Waals surface area contributed by atoms with E-state index in [4.69, 9.17) is 5.73 Å². The van der Waals surface area contributed by atoms with Crippen LogP contribution in [0.25, 0.3) is 0 Å². The number of aliphatic hydroxyl groups is 1. The first-order chi connectivity index (χ1) is 9.29. The van der Waals surface area contributed by atoms with E-state index in [1.165, 1.54) is 0 Å². The zero-order valence-corrected chi connectivity index (χ0v) is 10.7. The van der Waals surface area contributed by atoms with E-state index in [9.17, 15) is 5.11 Å². The van der Waals surface area contributed by atoms with Crippen LogP contribution in [-0.2, 0) is 13.0 Å². The maximum absolute atomic E-state index is 10.4. The topological polar surface area (TPSA) is 77.0 Å². The molecule has 0 radical (unpaired) electrons. The van der Waals surface area contributed by atoms with Crippen LogP contribution in [0.5, 0.6) is 0 Å². The quantitative estimate of drug-likeness (QED) is 0.857. The van der Waals surface area contributed by atoms with E-state index in [0.717, 1.165) is 30.8 Å². The average molecular weight is 258 g/mol. The Kier molecular flexibility index (Phi) is 3.31. The Morgan fingerprint density at radius 3 is 2.84 bits per heavy atom. The lowest BCUT2D eigenvalue weighted by atomic mass is 9.98. The number of hydrogen-bond donors (Lipinski definition) is 2. The molecule has 0 saturated carbocycles. The highest BCUT2D eigenvalue weighted by atomic mass is 16.3. The maximum atomic E-state index is 10.4. The maximum Gasteiger partial charge on any atom is 0.166 e. The summed E-state index contributed by atoms with van der Waals surface area (Å²) in [6, 6.07) is 9.56. The standard InChI is InChI=1S/C14H18N4O/c15-9-10-6-7-18-12(8-10)16-17-14(18)13(19)11-4-2-1-3-5-11/h1-5,10,13,19H,6-9,15H2. The molecule has 0 bridgehead atoms. The third kappa shape index (κ3) is 2.27. The van der Waals surface area contributed by atoms with Gasteiger partial charge in [-0.15, -0.1) is 10.2 Å². The van der Waals surface area contributed by atoms with Crippen LogP contribution in [0.1, 0.15) is 29.7 Å². The van der Waals surface area contributed by atoms with E-state index in [1.807, 2.05) is 34.9 Å². The third-order valence-corrected chi connectivity index (χ3v) is 3.78. The fourth-order valence-electron chi connectivity index (χ4n) is 2.60. The van der Waals surface area contributed by atoms with Crippen molar-refractivity contribution in [1.82, 2.24) is 14.8 Å². The van der Waals surface area contributed by atoms with Crippen LogP contribution >= 0.6 is 0 Å². The molecule has 0 fully saturated rings. The van der Waals surface area contributed by atoms with E-state index in [-0.39, 0.29) is 0 Å². The van der Waals surface area contributed by atoms with Gasteiger partial charge >= 0.3 is 0 Å². The van der Waals surface area contributed by atoms with Crippen LogP contribution in [0.3, 0.4) is 0 Å². The van der Waals surface area contributed by atoms with Gasteiger partial charge in [0.25, 0.3) is 0 Å². The molecule has 19 heavy (non-hydrogen) atoms. The second kappa shape index (κ2) is 5.11. The second-order valence-corrected chi connectivity index (χ2v) is 5.03. The van der Waals surface area contributed by atoms with Gasteiger partial charge in [-0.25, -0.2) is 0 Å². The highest BCUT2D eigenvalue weighted by Gasteiger charge is 2.25. The fourth-order valence-corrected chi connectivity index (χ4v) is 2.60. The van der Waals surface area contributed by atoms with Crippen molar-refractivity contribution in [1.29, 1.82) is 0 Å². The molecule has 0 saturated heterocycles. The van der Waals surface area contributed by atoms with Crippen molar-refractivity contribution in [2.75, 3.05) is 6.54 Å². The van der Waals surface area contributed by atoms with Crippen molar-refractivity contribution >= 4 is 0 Å². The van der Waals surface area contributed by atoms with Crippen molar-refractivity contribution in [2.45, 2.75) is 25.5 Å². The van der Waals surface area contributed by atoms with Crippen LogP contribution in [0.2, 0.25) is 0 Å². The van der Waals surface area contributed by atoms with E-state index >= 15 is 0 Å². The molecule has 5 nitrogen and oxygen atoms in total. The number of benzene rings is 1. The summed E-state index contributed by atoms with van der Waals surface area (Å²) in [5, 5.41) is 18.8. The summed E-state index contributed by atoms with van der Waals surface area (Å²) in [5.74, 6) is 2.06. The molecule has 0 spiro atoms. The molecule has 2 heterocycles. The Morgan fingerprint density at radius 2 is 2.11 bits per heavy atom. The molecular weight excluding hydrogens is 240 g/mol. The number of aliphatic hydroxyl groups excluding tert-OH is 1. The zero-order chi connectivity index (χ0) is 13.2. The predicted octanol–water partition coefficient (Wildman–Crippen LogP) is 0.881. The first kappa shape index (κ1) is 12.3. The number of hydrogen-bond acceptors (Lipinski definition) is 4. The summed E-state index contributed by atoms with van der Waals surface area (Å²) in [7, 11) is 0. The van der Waals surface area contributed by atoms with E-state index in [0.29, 0.717) is 18.3 Å². The van der Waals surface area contributed by atoms with Gasteiger partial charge in [0.15, 0.2) is 5.82 Å². The van der Waals surface area contributed by atoms with Gasteiger partial charge in [0.1, 0.15) is 11.9 Å². The van der Waals surface area contributed by atoms with Gasteiger partial charge in [-0.1, -0.05) is 30.3 Å². The summed E-state index contributed by atoms with van der Waals surface area (Å²) < 4.78 is 2.03. The largest absolute Gasteiger partial charge is 0.380 e. The number of rotatable bonds is 3. The molecular formula is C14H18N4O. The molecule has 1 aliphatic rings. The predicted molar refractivity (Wildman–Crippen MR) is 71.4 cm³/mol. The Morgan fingerprint density at radius 1 is 1.32 bits per heavy atom. The number of fused-ring (bicyclic) bond motifs is 1. The van der Waals surface area contributed by atoms with E-state index in [1.54, 1.807) is 0 Å². The van der Waals surface area contributed by atoms with E-state index < -0.39 is 6.10 Å². The molecule has 1 aliphatic heterocycles. The molecule has 2 aromatic rings. The molecule has 100 valence electrons. The first-order valence-corrected chi connectivity index (χ1v) is 6.64. The Labute approximate surface area is 112 Å². The van der Waals surface area contributed by atoms with Crippen LogP contribution < -0.4 is 5.73 Å². The smallest absolute Gasteiger partial charge is 0.166 e. The summed E-state index contributed by atoms with van der Waals surface area (Å²) in [6.07, 6.45) is 1.16. The van der Waals surface area contributed by atoms with Crippen LogP contribution in [0.15, 0.2) is 30.3 Å². The summed E-state index contributed by atoms with van der Waals surface area (Å²) in [5.41, 5.74) is 6.56. The van der Waals surface area contributed by atoms with Crippen LogP contribution in [0.4, 0.5) is 0 Å². The number of nitrogens with two attached hydrogens (primary N) is 1. The second-order valence-electron chi connectivity index (χ2n) is 5.03. The highest BCUT2D eigenvalue weighted by Crippen LogP contribution is 2.25. The molecule has 3 N–H and O–H groups in total. The lowest BCUT2D eigenvalue weighted by Crippen LogP contribution is -2.26. The number of aromatic nitrogens is 3. The number of nitrogens with zero attached hydrogens (tertiary/aromatic N) is 3. The Bertz CT molecular complexity index is 552. The average Bonchev–Trinajstić information content (AvgIpc) is 2.90.